The predicted molar refractivity (Wildman–Crippen MR) is 141 cm³/mol. The van der Waals surface area contributed by atoms with Crippen LogP contribution in [0, 0.1) is 19.8 Å². The summed E-state index contributed by atoms with van der Waals surface area (Å²) in [6, 6.07) is 1.42. The van der Waals surface area contributed by atoms with Gasteiger partial charge in [-0.15, -0.1) is 11.3 Å². The van der Waals surface area contributed by atoms with E-state index in [9.17, 15) is 15.3 Å². The number of fused-ring (bicyclic) bond motifs is 1. The average molecular weight is 517 g/mol. The minimum Gasteiger partial charge on any atom is -0.390 e. The van der Waals surface area contributed by atoms with E-state index in [0.717, 1.165) is 38.6 Å². The normalized spacial score (nSPS) is 23.2. The second-order valence-electron chi connectivity index (χ2n) is 9.99. The molecule has 3 heterocycles. The van der Waals surface area contributed by atoms with E-state index in [4.69, 9.17) is 14.7 Å². The molecule has 0 radical (unpaired) electrons. The Bertz CT molecular complexity index is 1210. The van der Waals surface area contributed by atoms with Crippen LogP contribution in [-0.4, -0.2) is 78.9 Å². The molecule has 10 nitrogen and oxygen atoms in total. The molecule has 0 aromatic carbocycles. The fourth-order valence-electron chi connectivity index (χ4n) is 4.76. The van der Waals surface area contributed by atoms with Crippen LogP contribution in [0.4, 0.5) is 11.8 Å². The van der Waals surface area contributed by atoms with Crippen LogP contribution in [0.5, 0.6) is 0 Å². The second kappa shape index (κ2) is 10.5. The Labute approximate surface area is 215 Å². The van der Waals surface area contributed by atoms with Gasteiger partial charge in [-0.2, -0.15) is 4.98 Å². The third kappa shape index (κ3) is 5.30. The predicted octanol–water partition coefficient (Wildman–Crippen LogP) is 2.90. The van der Waals surface area contributed by atoms with Crippen molar-refractivity contribution in [3.05, 3.63) is 23.7 Å². The zero-order valence-electron chi connectivity index (χ0n) is 21.6. The first kappa shape index (κ1) is 26.6. The summed E-state index contributed by atoms with van der Waals surface area (Å²) in [7, 11) is 1.67. The number of thiazole rings is 1. The number of pyridine rings is 1. The first-order valence-electron chi connectivity index (χ1n) is 12.3. The van der Waals surface area contributed by atoms with Gasteiger partial charge in [-0.3, -0.25) is 4.98 Å². The number of hydrogen-bond acceptors (Lipinski definition) is 11. The highest BCUT2D eigenvalue weighted by atomic mass is 32.1. The van der Waals surface area contributed by atoms with E-state index in [2.05, 4.69) is 20.6 Å². The summed E-state index contributed by atoms with van der Waals surface area (Å²) in [6.45, 7) is 9.72. The van der Waals surface area contributed by atoms with Gasteiger partial charge in [0, 0.05) is 25.8 Å². The molecular formula is C25H36N6O4S. The summed E-state index contributed by atoms with van der Waals surface area (Å²) in [6.07, 6.45) is 0.873. The fraction of sp³-hybridized carbons (Fsp3) is 0.600. The van der Waals surface area contributed by atoms with Crippen LogP contribution >= 0.6 is 11.3 Å². The van der Waals surface area contributed by atoms with Gasteiger partial charge in [0.25, 0.3) is 0 Å². The molecule has 1 fully saturated rings. The third-order valence-electron chi connectivity index (χ3n) is 6.98. The Morgan fingerprint density at radius 2 is 1.92 bits per heavy atom. The van der Waals surface area contributed by atoms with Crippen LogP contribution < -0.4 is 10.6 Å². The van der Waals surface area contributed by atoms with E-state index in [1.165, 1.54) is 11.3 Å². The summed E-state index contributed by atoms with van der Waals surface area (Å²) >= 11 is 1.52. The molecule has 3 aromatic heterocycles. The summed E-state index contributed by atoms with van der Waals surface area (Å²) in [5.41, 5.74) is 1.98. The van der Waals surface area contributed by atoms with Crippen molar-refractivity contribution in [1.29, 1.82) is 0 Å². The van der Waals surface area contributed by atoms with E-state index in [-0.39, 0.29) is 6.10 Å². The molecule has 5 atom stereocenters. The molecule has 1 unspecified atom stereocenters. The van der Waals surface area contributed by atoms with E-state index in [1.807, 2.05) is 26.8 Å². The number of anilines is 2. The summed E-state index contributed by atoms with van der Waals surface area (Å²) < 4.78 is 6.47. The summed E-state index contributed by atoms with van der Waals surface area (Å²) in [5.74, 6) is 0.449. The van der Waals surface area contributed by atoms with E-state index in [0.29, 0.717) is 24.7 Å². The molecule has 1 aliphatic rings. The van der Waals surface area contributed by atoms with Gasteiger partial charge < -0.3 is 30.7 Å². The van der Waals surface area contributed by atoms with Gasteiger partial charge in [-0.1, -0.05) is 6.92 Å². The fourth-order valence-corrected chi connectivity index (χ4v) is 5.87. The van der Waals surface area contributed by atoms with Crippen molar-refractivity contribution in [2.75, 3.05) is 24.3 Å². The van der Waals surface area contributed by atoms with Gasteiger partial charge in [0.1, 0.15) is 22.4 Å². The molecule has 0 spiro atoms. The van der Waals surface area contributed by atoms with E-state index < -0.39 is 29.8 Å². The standard InChI is InChI=1S/C25H36N6O4S/c1-7-14(35-6)11-27-24-28-12(2)18(23-30-19-13(3)26-9-8-17(19)36-23)22(31-24)29-16-10-15(25(4,5)34)20(32)21(16)33/h8-9,14-16,20-21,32-34H,7,10-11H2,1-6H3,(H2,27,28,29,31)/t14?,15-,16+,20+,21-/m0/s1. The maximum atomic E-state index is 10.8. The number of aliphatic hydroxyl groups is 3. The lowest BCUT2D eigenvalue weighted by atomic mass is 9.88. The van der Waals surface area contributed by atoms with E-state index in [1.54, 1.807) is 27.2 Å². The second-order valence-corrected chi connectivity index (χ2v) is 11.0. The number of aliphatic hydroxyl groups excluding tert-OH is 2. The number of aryl methyl sites for hydroxylation is 2. The maximum absolute atomic E-state index is 10.8. The lowest BCUT2D eigenvalue weighted by Crippen LogP contribution is -2.40. The Morgan fingerprint density at radius 1 is 1.17 bits per heavy atom. The Kier molecular flexibility index (Phi) is 7.77. The van der Waals surface area contributed by atoms with Crippen LogP contribution in [0.3, 0.4) is 0 Å². The maximum Gasteiger partial charge on any atom is 0.224 e. The van der Waals surface area contributed by atoms with Crippen molar-refractivity contribution in [1.82, 2.24) is 19.9 Å². The number of nitrogens with one attached hydrogen (secondary N) is 2. The molecule has 36 heavy (non-hydrogen) atoms. The Hall–Kier alpha value is -2.44. The van der Waals surface area contributed by atoms with Crippen LogP contribution in [0.2, 0.25) is 0 Å². The Balaban J connectivity index is 1.74. The van der Waals surface area contributed by atoms with Crippen LogP contribution in [0.15, 0.2) is 12.3 Å². The quantitative estimate of drug-likeness (QED) is 0.288. The molecule has 0 aliphatic heterocycles. The number of methoxy groups -OCH3 is 1. The van der Waals surface area contributed by atoms with Gasteiger partial charge in [0.15, 0.2) is 0 Å². The third-order valence-corrected chi connectivity index (χ3v) is 8.02. The van der Waals surface area contributed by atoms with E-state index >= 15 is 0 Å². The highest BCUT2D eigenvalue weighted by molar-refractivity contribution is 7.21. The minimum atomic E-state index is -1.14. The number of hydrogen-bond donors (Lipinski definition) is 5. The minimum absolute atomic E-state index is 0.0177. The molecular weight excluding hydrogens is 480 g/mol. The molecule has 5 N–H and O–H groups in total. The van der Waals surface area contributed by atoms with Crippen molar-refractivity contribution >= 4 is 33.3 Å². The molecule has 196 valence electrons. The smallest absolute Gasteiger partial charge is 0.224 e. The molecule has 11 heteroatoms. The summed E-state index contributed by atoms with van der Waals surface area (Å²) in [5, 5.41) is 39.3. The van der Waals surface area contributed by atoms with Gasteiger partial charge in [0.05, 0.1) is 45.5 Å². The first-order valence-corrected chi connectivity index (χ1v) is 13.1. The number of nitrogens with zero attached hydrogens (tertiary/aromatic N) is 4. The SMILES string of the molecule is CCC(CNc1nc(C)c(-c2nc3c(C)nccc3s2)c(N[C@@H]2C[C@H](C(C)(C)O)[C@@H](O)[C@H]2O)n1)OC. The highest BCUT2D eigenvalue weighted by Gasteiger charge is 2.48. The zero-order valence-corrected chi connectivity index (χ0v) is 22.4. The number of aromatic nitrogens is 4. The van der Waals surface area contributed by atoms with Gasteiger partial charge in [-0.25, -0.2) is 9.97 Å². The number of rotatable bonds is 9. The molecule has 1 aliphatic carbocycles. The first-order chi connectivity index (χ1) is 17.0. The molecule has 0 amide bonds. The lowest BCUT2D eigenvalue weighted by Gasteiger charge is -2.28. The largest absolute Gasteiger partial charge is 0.390 e. The van der Waals surface area contributed by atoms with Gasteiger partial charge in [-0.05, 0) is 46.6 Å². The van der Waals surface area contributed by atoms with Crippen LogP contribution in [0.25, 0.3) is 20.8 Å². The molecule has 1 saturated carbocycles. The van der Waals surface area contributed by atoms with Crippen LogP contribution in [0.1, 0.15) is 45.0 Å². The monoisotopic (exact) mass is 516 g/mol. The van der Waals surface area contributed by atoms with Crippen molar-refractivity contribution < 1.29 is 20.1 Å². The lowest BCUT2D eigenvalue weighted by molar-refractivity contribution is -0.0601. The van der Waals surface area contributed by atoms with Crippen molar-refractivity contribution in [2.24, 2.45) is 5.92 Å². The highest BCUT2D eigenvalue weighted by Crippen LogP contribution is 2.40. The topological polar surface area (TPSA) is 146 Å². The molecule has 0 saturated heterocycles. The van der Waals surface area contributed by atoms with Gasteiger partial charge in [0.2, 0.25) is 5.95 Å². The number of ether oxygens (including phenoxy) is 1. The summed E-state index contributed by atoms with van der Waals surface area (Å²) in [4.78, 5) is 18.6. The van der Waals surface area contributed by atoms with Crippen molar-refractivity contribution in [3.63, 3.8) is 0 Å². The van der Waals surface area contributed by atoms with Crippen LogP contribution in [-0.2, 0) is 4.74 Å². The van der Waals surface area contributed by atoms with Gasteiger partial charge >= 0.3 is 0 Å². The molecule has 0 bridgehead atoms. The van der Waals surface area contributed by atoms with Crippen molar-refractivity contribution in [3.8, 4) is 10.6 Å². The zero-order chi connectivity index (χ0) is 26.2. The molecule has 3 aromatic rings. The molecule has 4 rings (SSSR count). The Morgan fingerprint density at radius 3 is 2.53 bits per heavy atom. The average Bonchev–Trinajstić information content (AvgIpc) is 3.37. The van der Waals surface area contributed by atoms with Crippen molar-refractivity contribution in [2.45, 2.75) is 77.4 Å².